The van der Waals surface area contributed by atoms with E-state index in [2.05, 4.69) is 11.2 Å². The third-order valence-electron chi connectivity index (χ3n) is 3.00. The SMILES string of the molecule is CO[C@H](C)C(=O)N1CCN(CCSC)CC1. The average molecular weight is 246 g/mol. The molecule has 0 spiro atoms. The summed E-state index contributed by atoms with van der Waals surface area (Å²) in [6, 6.07) is 0. The van der Waals surface area contributed by atoms with E-state index in [1.54, 1.807) is 7.11 Å². The lowest BCUT2D eigenvalue weighted by atomic mass is 10.2. The molecule has 0 radical (unpaired) electrons. The fourth-order valence-corrected chi connectivity index (χ4v) is 2.21. The summed E-state index contributed by atoms with van der Waals surface area (Å²) >= 11 is 1.87. The van der Waals surface area contributed by atoms with Gasteiger partial charge >= 0.3 is 0 Å². The minimum absolute atomic E-state index is 0.118. The van der Waals surface area contributed by atoms with Crippen LogP contribution in [0.15, 0.2) is 0 Å². The molecule has 0 aromatic rings. The summed E-state index contributed by atoms with van der Waals surface area (Å²) in [6.07, 6.45) is 1.82. The summed E-state index contributed by atoms with van der Waals surface area (Å²) in [5, 5.41) is 0. The third-order valence-corrected chi connectivity index (χ3v) is 3.59. The van der Waals surface area contributed by atoms with Crippen molar-refractivity contribution in [2.45, 2.75) is 13.0 Å². The monoisotopic (exact) mass is 246 g/mol. The molecule has 1 atom stereocenters. The van der Waals surface area contributed by atoms with Crippen LogP contribution < -0.4 is 0 Å². The quantitative estimate of drug-likeness (QED) is 0.708. The molecule has 0 aliphatic carbocycles. The molecule has 0 unspecified atom stereocenters. The van der Waals surface area contributed by atoms with E-state index >= 15 is 0 Å². The van der Waals surface area contributed by atoms with E-state index in [4.69, 9.17) is 4.74 Å². The zero-order chi connectivity index (χ0) is 12.0. The summed E-state index contributed by atoms with van der Waals surface area (Å²) in [4.78, 5) is 16.1. The Morgan fingerprint density at radius 1 is 1.38 bits per heavy atom. The number of nitrogens with zero attached hydrogens (tertiary/aromatic N) is 2. The number of piperazine rings is 1. The molecule has 0 aromatic heterocycles. The van der Waals surface area contributed by atoms with Gasteiger partial charge in [0.1, 0.15) is 6.10 Å². The van der Waals surface area contributed by atoms with Crippen molar-refractivity contribution < 1.29 is 9.53 Å². The van der Waals surface area contributed by atoms with E-state index in [0.717, 1.165) is 32.7 Å². The van der Waals surface area contributed by atoms with E-state index in [9.17, 15) is 4.79 Å². The van der Waals surface area contributed by atoms with Gasteiger partial charge in [-0.25, -0.2) is 0 Å². The van der Waals surface area contributed by atoms with E-state index in [1.165, 1.54) is 5.75 Å². The topological polar surface area (TPSA) is 32.8 Å². The number of hydrogen-bond donors (Lipinski definition) is 0. The maximum Gasteiger partial charge on any atom is 0.251 e. The van der Waals surface area contributed by atoms with Gasteiger partial charge in [-0.15, -0.1) is 0 Å². The van der Waals surface area contributed by atoms with E-state index in [1.807, 2.05) is 23.6 Å². The first-order valence-corrected chi connectivity index (χ1v) is 7.11. The van der Waals surface area contributed by atoms with E-state index < -0.39 is 0 Å². The number of carbonyl (C=O) groups is 1. The molecule has 5 heteroatoms. The van der Waals surface area contributed by atoms with Crippen LogP contribution in [-0.2, 0) is 9.53 Å². The molecule has 1 aliphatic rings. The first-order valence-electron chi connectivity index (χ1n) is 5.72. The molecule has 0 aromatic carbocycles. The Hall–Kier alpha value is -0.260. The van der Waals surface area contributed by atoms with Gasteiger partial charge in [0, 0.05) is 45.6 Å². The van der Waals surface area contributed by atoms with Gasteiger partial charge in [-0.3, -0.25) is 9.69 Å². The first kappa shape index (κ1) is 13.8. The zero-order valence-electron chi connectivity index (χ0n) is 10.4. The maximum atomic E-state index is 11.8. The molecule has 0 saturated carbocycles. The van der Waals surface area contributed by atoms with Crippen molar-refractivity contribution >= 4 is 17.7 Å². The molecule has 1 rings (SSSR count). The van der Waals surface area contributed by atoms with Crippen molar-refractivity contribution in [2.75, 3.05) is 51.8 Å². The molecule has 0 bridgehead atoms. The van der Waals surface area contributed by atoms with Crippen LogP contribution in [0.5, 0.6) is 0 Å². The normalized spacial score (nSPS) is 19.8. The van der Waals surface area contributed by atoms with Gasteiger partial charge in [0.05, 0.1) is 0 Å². The second-order valence-electron chi connectivity index (χ2n) is 4.04. The number of rotatable bonds is 5. The lowest BCUT2D eigenvalue weighted by Crippen LogP contribution is -2.51. The highest BCUT2D eigenvalue weighted by molar-refractivity contribution is 7.98. The number of hydrogen-bond acceptors (Lipinski definition) is 4. The predicted molar refractivity (Wildman–Crippen MR) is 67.9 cm³/mol. The zero-order valence-corrected chi connectivity index (χ0v) is 11.3. The van der Waals surface area contributed by atoms with Crippen molar-refractivity contribution in [3.8, 4) is 0 Å². The molecular weight excluding hydrogens is 224 g/mol. The highest BCUT2D eigenvalue weighted by Crippen LogP contribution is 2.06. The van der Waals surface area contributed by atoms with Gasteiger partial charge in [-0.05, 0) is 13.2 Å². The van der Waals surface area contributed by atoms with Crippen molar-refractivity contribution in [3.05, 3.63) is 0 Å². The van der Waals surface area contributed by atoms with Crippen molar-refractivity contribution in [3.63, 3.8) is 0 Å². The summed E-state index contributed by atoms with van der Waals surface area (Å²) in [7, 11) is 1.58. The van der Waals surface area contributed by atoms with Crippen LogP contribution >= 0.6 is 11.8 Å². The minimum atomic E-state index is -0.308. The lowest BCUT2D eigenvalue weighted by molar-refractivity contribution is -0.142. The molecule has 4 nitrogen and oxygen atoms in total. The standard InChI is InChI=1S/C11H22N2O2S/c1-10(15-2)11(14)13-6-4-12(5-7-13)8-9-16-3/h10H,4-9H2,1-3H3/t10-/m1/s1. The Morgan fingerprint density at radius 2 is 2.00 bits per heavy atom. The third kappa shape index (κ3) is 3.96. The summed E-state index contributed by atoms with van der Waals surface area (Å²) in [6.45, 7) is 6.58. The van der Waals surface area contributed by atoms with Crippen molar-refractivity contribution in [1.82, 2.24) is 9.80 Å². The van der Waals surface area contributed by atoms with Gasteiger partial charge in [0.2, 0.25) is 0 Å². The van der Waals surface area contributed by atoms with Gasteiger partial charge < -0.3 is 9.64 Å². The van der Waals surface area contributed by atoms with Gasteiger partial charge in [0.15, 0.2) is 0 Å². The first-order chi connectivity index (χ1) is 7.69. The number of ether oxygens (including phenoxy) is 1. The smallest absolute Gasteiger partial charge is 0.251 e. The number of methoxy groups -OCH3 is 1. The average Bonchev–Trinajstić information content (AvgIpc) is 2.35. The van der Waals surface area contributed by atoms with Gasteiger partial charge in [-0.1, -0.05) is 0 Å². The summed E-state index contributed by atoms with van der Waals surface area (Å²) < 4.78 is 5.05. The van der Waals surface area contributed by atoms with E-state index in [0.29, 0.717) is 0 Å². The highest BCUT2D eigenvalue weighted by atomic mass is 32.2. The highest BCUT2D eigenvalue weighted by Gasteiger charge is 2.24. The molecule has 1 heterocycles. The van der Waals surface area contributed by atoms with Crippen LogP contribution in [0, 0.1) is 0 Å². The van der Waals surface area contributed by atoms with Gasteiger partial charge in [0.25, 0.3) is 5.91 Å². The van der Waals surface area contributed by atoms with Crippen molar-refractivity contribution in [2.24, 2.45) is 0 Å². The Bertz CT molecular complexity index is 218. The van der Waals surface area contributed by atoms with Gasteiger partial charge in [-0.2, -0.15) is 11.8 Å². The fourth-order valence-electron chi connectivity index (χ4n) is 1.77. The Labute approximate surface area is 102 Å². The van der Waals surface area contributed by atoms with Crippen LogP contribution in [0.4, 0.5) is 0 Å². The number of thioether (sulfide) groups is 1. The molecule has 0 N–H and O–H groups in total. The number of carbonyl (C=O) groups excluding carboxylic acids is 1. The molecule has 1 fully saturated rings. The largest absolute Gasteiger partial charge is 0.372 e. The number of amides is 1. The lowest BCUT2D eigenvalue weighted by Gasteiger charge is -2.35. The van der Waals surface area contributed by atoms with Crippen molar-refractivity contribution in [1.29, 1.82) is 0 Å². The Balaban J connectivity index is 2.28. The summed E-state index contributed by atoms with van der Waals surface area (Å²) in [5.41, 5.74) is 0. The second-order valence-corrected chi connectivity index (χ2v) is 5.02. The van der Waals surface area contributed by atoms with Crippen LogP contribution in [0.2, 0.25) is 0 Å². The molecule has 1 saturated heterocycles. The summed E-state index contributed by atoms with van der Waals surface area (Å²) in [5.74, 6) is 1.29. The fraction of sp³-hybridized carbons (Fsp3) is 0.909. The minimum Gasteiger partial charge on any atom is -0.372 e. The molecule has 1 amide bonds. The molecule has 1 aliphatic heterocycles. The van der Waals surface area contributed by atoms with E-state index in [-0.39, 0.29) is 12.0 Å². The Kier molecular flexibility index (Phi) is 6.16. The predicted octanol–water partition coefficient (Wildman–Crippen LogP) is 0.528. The molecular formula is C11H22N2O2S. The molecule has 94 valence electrons. The van der Waals surface area contributed by atoms with Crippen LogP contribution in [-0.4, -0.2) is 73.7 Å². The van der Waals surface area contributed by atoms with Crippen LogP contribution in [0.3, 0.4) is 0 Å². The maximum absolute atomic E-state index is 11.8. The second kappa shape index (κ2) is 7.14. The van der Waals surface area contributed by atoms with Crippen LogP contribution in [0.1, 0.15) is 6.92 Å². The Morgan fingerprint density at radius 3 is 2.50 bits per heavy atom. The molecule has 16 heavy (non-hydrogen) atoms. The van der Waals surface area contributed by atoms with Crippen LogP contribution in [0.25, 0.3) is 0 Å².